The zero-order chi connectivity index (χ0) is 29.2. The molecule has 0 rings (SSSR count). The summed E-state index contributed by atoms with van der Waals surface area (Å²) < 4.78 is 31.7. The molecule has 0 aromatic rings. The van der Waals surface area contributed by atoms with Crippen LogP contribution in [0.3, 0.4) is 0 Å². The molecule has 2 N–H and O–H groups in total. The summed E-state index contributed by atoms with van der Waals surface area (Å²) in [6, 6.07) is -0.747. The maximum absolute atomic E-state index is 11.8. The fourth-order valence-electron chi connectivity index (χ4n) is 2.64. The van der Waals surface area contributed by atoms with Crippen LogP contribution in [0, 0.1) is 10.8 Å². The molecule has 210 valence electrons. The molecule has 0 saturated heterocycles. The fourth-order valence-corrected chi connectivity index (χ4v) is 2.64. The van der Waals surface area contributed by atoms with E-state index in [0.717, 1.165) is 30.4 Å². The molecular formula is C26H35NO11. The molecule has 1 unspecified atom stereocenters. The normalized spacial score (nSPS) is 11.6. The predicted octanol–water partition coefficient (Wildman–Crippen LogP) is 0.969. The molecule has 0 aliphatic carbocycles. The first kappa shape index (κ1) is 34.0. The highest BCUT2D eigenvalue weighted by Crippen LogP contribution is 2.27. The van der Waals surface area contributed by atoms with Gasteiger partial charge in [0.05, 0.1) is 24.0 Å². The van der Waals surface area contributed by atoms with Gasteiger partial charge in [-0.3, -0.25) is 0 Å². The largest absolute Gasteiger partial charge is 0.462 e. The maximum Gasteiger partial charge on any atom is 0.330 e. The molecule has 0 aliphatic rings. The number of hydrogen-bond donors (Lipinski definition) is 1. The summed E-state index contributed by atoms with van der Waals surface area (Å²) in [5.74, 6) is -3.88. The van der Waals surface area contributed by atoms with Crippen LogP contribution in [0.4, 0.5) is 0 Å². The van der Waals surface area contributed by atoms with Crippen molar-refractivity contribution in [3.8, 4) is 0 Å². The second kappa shape index (κ2) is 17.4. The van der Waals surface area contributed by atoms with Gasteiger partial charge in [0.2, 0.25) is 0 Å². The molecule has 0 amide bonds. The van der Waals surface area contributed by atoms with Crippen LogP contribution in [-0.2, 0) is 52.4 Å². The number of carbonyl (C=O) groups is 5. The van der Waals surface area contributed by atoms with E-state index in [1.807, 2.05) is 0 Å². The molecule has 1 atom stereocenters. The van der Waals surface area contributed by atoms with Gasteiger partial charge in [0.1, 0.15) is 33.0 Å². The van der Waals surface area contributed by atoms with Crippen molar-refractivity contribution in [3.05, 3.63) is 63.3 Å². The first-order chi connectivity index (χ1) is 17.9. The zero-order valence-electron chi connectivity index (χ0n) is 21.5. The molecule has 0 aromatic carbocycles. The lowest BCUT2D eigenvalue weighted by Gasteiger charge is -2.37. The van der Waals surface area contributed by atoms with Crippen LogP contribution in [0.5, 0.6) is 0 Å². The van der Waals surface area contributed by atoms with E-state index < -0.39 is 66.5 Å². The van der Waals surface area contributed by atoms with Gasteiger partial charge in [-0.1, -0.05) is 32.9 Å². The smallest absolute Gasteiger partial charge is 0.330 e. The Morgan fingerprint density at radius 1 is 0.579 bits per heavy atom. The molecule has 0 aliphatic heterocycles. The van der Waals surface area contributed by atoms with E-state index in [1.165, 1.54) is 0 Å². The number of hydrogen-bond acceptors (Lipinski definition) is 12. The summed E-state index contributed by atoms with van der Waals surface area (Å²) in [6.07, 6.45) is 4.65. The Kier molecular flexibility index (Phi) is 15.6. The molecule has 0 heterocycles. The summed E-state index contributed by atoms with van der Waals surface area (Å²) in [6.45, 7) is 15.7. The van der Waals surface area contributed by atoms with Crippen molar-refractivity contribution in [2.24, 2.45) is 16.6 Å². The molecule has 38 heavy (non-hydrogen) atoms. The molecule has 0 fully saturated rings. The highest BCUT2D eigenvalue weighted by molar-refractivity contribution is 5.82. The lowest BCUT2D eigenvalue weighted by atomic mass is 9.83. The average Bonchev–Trinajstić information content (AvgIpc) is 2.93. The van der Waals surface area contributed by atoms with Crippen molar-refractivity contribution < 1.29 is 52.4 Å². The third-order valence-corrected chi connectivity index (χ3v) is 5.16. The van der Waals surface area contributed by atoms with Crippen LogP contribution in [0.25, 0.3) is 0 Å². The second-order valence-electron chi connectivity index (χ2n) is 8.20. The molecule has 0 saturated carbocycles. The lowest BCUT2D eigenvalue weighted by molar-refractivity contribution is -0.165. The Balaban J connectivity index is 6.09. The van der Waals surface area contributed by atoms with Crippen molar-refractivity contribution in [2.75, 3.05) is 46.2 Å². The topological polar surface area (TPSA) is 167 Å². The Morgan fingerprint density at radius 2 is 0.868 bits per heavy atom. The Hall–Kier alpha value is -4.03. The second-order valence-corrected chi connectivity index (χ2v) is 8.20. The van der Waals surface area contributed by atoms with Gasteiger partial charge in [0.15, 0.2) is 0 Å². The Labute approximate surface area is 221 Å². The van der Waals surface area contributed by atoms with E-state index in [2.05, 4.69) is 32.9 Å². The van der Waals surface area contributed by atoms with Gasteiger partial charge in [-0.2, -0.15) is 0 Å². The van der Waals surface area contributed by atoms with Crippen molar-refractivity contribution in [1.82, 2.24) is 0 Å². The SMILES string of the molecule is C=CC(=O)OCC(COCC(COC(=O)C=C)(COC(=O)C=C)C(C)N)(COC(=O)C=C)COC(=O)C=C. The summed E-state index contributed by atoms with van der Waals surface area (Å²) in [7, 11) is 0. The minimum atomic E-state index is -1.41. The van der Waals surface area contributed by atoms with E-state index in [1.54, 1.807) is 6.92 Å². The number of ether oxygens (including phenoxy) is 6. The molecule has 12 heteroatoms. The van der Waals surface area contributed by atoms with Crippen molar-refractivity contribution in [1.29, 1.82) is 0 Å². The highest BCUT2D eigenvalue weighted by Gasteiger charge is 2.41. The summed E-state index contributed by atoms with van der Waals surface area (Å²) in [5, 5.41) is 0. The molecule has 0 radical (unpaired) electrons. The van der Waals surface area contributed by atoms with Crippen molar-refractivity contribution in [2.45, 2.75) is 13.0 Å². The zero-order valence-corrected chi connectivity index (χ0v) is 21.5. The number of nitrogens with two attached hydrogens (primary N) is 1. The maximum atomic E-state index is 11.8. The predicted molar refractivity (Wildman–Crippen MR) is 135 cm³/mol. The van der Waals surface area contributed by atoms with Gasteiger partial charge < -0.3 is 34.2 Å². The number of carbonyl (C=O) groups excluding carboxylic acids is 5. The van der Waals surface area contributed by atoms with Gasteiger partial charge in [-0.15, -0.1) is 0 Å². The van der Waals surface area contributed by atoms with E-state index in [4.69, 9.17) is 34.2 Å². The fraction of sp³-hybridized carbons (Fsp3) is 0.423. The van der Waals surface area contributed by atoms with Gasteiger partial charge in [0, 0.05) is 36.4 Å². The minimum Gasteiger partial charge on any atom is -0.462 e. The van der Waals surface area contributed by atoms with Gasteiger partial charge >= 0.3 is 29.8 Å². The third kappa shape index (κ3) is 12.3. The Morgan fingerprint density at radius 3 is 1.13 bits per heavy atom. The first-order valence-corrected chi connectivity index (χ1v) is 11.2. The van der Waals surface area contributed by atoms with Gasteiger partial charge in [0.25, 0.3) is 0 Å². The monoisotopic (exact) mass is 537 g/mol. The molecule has 0 aromatic heterocycles. The molecular weight excluding hydrogens is 502 g/mol. The Bertz CT molecular complexity index is 823. The van der Waals surface area contributed by atoms with Crippen LogP contribution in [0.15, 0.2) is 63.3 Å². The van der Waals surface area contributed by atoms with Crippen LogP contribution in [0.1, 0.15) is 6.92 Å². The molecule has 0 spiro atoms. The van der Waals surface area contributed by atoms with Crippen molar-refractivity contribution >= 4 is 29.8 Å². The average molecular weight is 538 g/mol. The van der Waals surface area contributed by atoms with Gasteiger partial charge in [-0.25, -0.2) is 24.0 Å². The van der Waals surface area contributed by atoms with Crippen molar-refractivity contribution in [3.63, 3.8) is 0 Å². The molecule has 0 bridgehead atoms. The van der Waals surface area contributed by atoms with Crippen LogP contribution < -0.4 is 5.73 Å². The summed E-state index contributed by atoms with van der Waals surface area (Å²) in [5.41, 5.74) is 3.51. The third-order valence-electron chi connectivity index (χ3n) is 5.16. The van der Waals surface area contributed by atoms with E-state index in [9.17, 15) is 24.0 Å². The van der Waals surface area contributed by atoms with Crippen LogP contribution in [-0.4, -0.2) is 82.1 Å². The number of rotatable bonds is 20. The summed E-state index contributed by atoms with van der Waals surface area (Å²) in [4.78, 5) is 58.7. The quantitative estimate of drug-likeness (QED) is 0.133. The standard InChI is InChI=1S/C26H35NO11/c1-7-20(28)34-13-25(14-35-21(29)8-2,15-36-22(30)9-3)12-33-16-26(19(6)27,17-37-23(31)10-4)18-38-24(32)11-5/h7-11,19H,1-5,12-18,27H2,6H3. The molecule has 12 nitrogen and oxygen atoms in total. The van der Waals surface area contributed by atoms with Crippen LogP contribution in [0.2, 0.25) is 0 Å². The summed E-state index contributed by atoms with van der Waals surface area (Å²) >= 11 is 0. The van der Waals surface area contributed by atoms with E-state index in [-0.39, 0.29) is 26.4 Å². The minimum absolute atomic E-state index is 0.262. The number of esters is 5. The van der Waals surface area contributed by atoms with Crippen LogP contribution >= 0.6 is 0 Å². The van der Waals surface area contributed by atoms with E-state index >= 15 is 0 Å². The highest BCUT2D eigenvalue weighted by atomic mass is 16.6. The first-order valence-electron chi connectivity index (χ1n) is 11.2. The van der Waals surface area contributed by atoms with Gasteiger partial charge in [-0.05, 0) is 6.92 Å². The van der Waals surface area contributed by atoms with E-state index in [0.29, 0.717) is 0 Å². The lowest BCUT2D eigenvalue weighted by Crippen LogP contribution is -2.52.